The van der Waals surface area contributed by atoms with Gasteiger partial charge in [-0.05, 0) is 19.3 Å². The van der Waals surface area contributed by atoms with Gasteiger partial charge in [0.1, 0.15) is 16.8 Å². The van der Waals surface area contributed by atoms with Gasteiger partial charge in [0.05, 0.1) is 0 Å². The van der Waals surface area contributed by atoms with E-state index in [-0.39, 0.29) is 5.41 Å². The Labute approximate surface area is 133 Å². The van der Waals surface area contributed by atoms with Gasteiger partial charge in [0.15, 0.2) is 0 Å². The van der Waals surface area contributed by atoms with Crippen molar-refractivity contribution in [3.8, 4) is 0 Å². The molecule has 2 rings (SSSR count). The maximum atomic E-state index is 6.26. The molecule has 0 aromatic carbocycles. The Balaban J connectivity index is 2.00. The zero-order chi connectivity index (χ0) is 15.5. The zero-order valence-corrected chi connectivity index (χ0v) is 14.6. The van der Waals surface area contributed by atoms with E-state index in [4.69, 9.17) is 11.6 Å². The summed E-state index contributed by atoms with van der Waals surface area (Å²) < 4.78 is 0. The van der Waals surface area contributed by atoms with Crippen molar-refractivity contribution in [2.75, 3.05) is 11.9 Å². The molecule has 1 saturated carbocycles. The highest BCUT2D eigenvalue weighted by Crippen LogP contribution is 2.28. The van der Waals surface area contributed by atoms with Gasteiger partial charge in [0, 0.05) is 17.5 Å². The Hall–Kier alpha value is -0.830. The predicted molar refractivity (Wildman–Crippen MR) is 90.2 cm³/mol. The van der Waals surface area contributed by atoms with Gasteiger partial charge in [-0.3, -0.25) is 0 Å². The fourth-order valence-electron chi connectivity index (χ4n) is 2.87. The lowest BCUT2D eigenvalue weighted by molar-refractivity contribution is 0.345. The molecule has 1 aliphatic carbocycles. The third-order valence-electron chi connectivity index (χ3n) is 4.33. The van der Waals surface area contributed by atoms with Gasteiger partial charge in [0.25, 0.3) is 0 Å². The van der Waals surface area contributed by atoms with Crippen molar-refractivity contribution in [2.45, 2.75) is 71.6 Å². The van der Waals surface area contributed by atoms with E-state index in [0.29, 0.717) is 5.15 Å². The van der Waals surface area contributed by atoms with Gasteiger partial charge < -0.3 is 5.32 Å². The summed E-state index contributed by atoms with van der Waals surface area (Å²) in [5, 5.41) is 4.04. The standard InChI is InChI=1S/C17H28ClN3/c1-12-14(18)20-16(17(2,3)4)21-15(12)19-11-10-13-8-6-5-7-9-13/h13H,5-11H2,1-4H3,(H,19,20,21). The van der Waals surface area contributed by atoms with Crippen LogP contribution in [0.2, 0.25) is 5.15 Å². The smallest absolute Gasteiger partial charge is 0.137 e. The van der Waals surface area contributed by atoms with Crippen molar-refractivity contribution in [1.29, 1.82) is 0 Å². The topological polar surface area (TPSA) is 37.8 Å². The fraction of sp³-hybridized carbons (Fsp3) is 0.765. The summed E-state index contributed by atoms with van der Waals surface area (Å²) in [6.45, 7) is 9.29. The number of halogens is 1. The number of rotatable bonds is 4. The molecule has 0 amide bonds. The van der Waals surface area contributed by atoms with E-state index >= 15 is 0 Å². The van der Waals surface area contributed by atoms with Crippen LogP contribution in [-0.2, 0) is 5.41 Å². The highest BCUT2D eigenvalue weighted by Gasteiger charge is 2.21. The summed E-state index contributed by atoms with van der Waals surface area (Å²) in [6.07, 6.45) is 8.22. The van der Waals surface area contributed by atoms with Gasteiger partial charge >= 0.3 is 0 Å². The van der Waals surface area contributed by atoms with E-state index in [1.54, 1.807) is 0 Å². The average molecular weight is 310 g/mol. The molecule has 1 heterocycles. The molecule has 1 N–H and O–H groups in total. The van der Waals surface area contributed by atoms with E-state index in [1.807, 2.05) is 6.92 Å². The van der Waals surface area contributed by atoms with Crippen LogP contribution in [0.25, 0.3) is 0 Å². The molecule has 1 aromatic rings. The van der Waals surface area contributed by atoms with Gasteiger partial charge in [0.2, 0.25) is 0 Å². The molecule has 0 spiro atoms. The molecule has 0 bridgehead atoms. The summed E-state index contributed by atoms with van der Waals surface area (Å²) in [7, 11) is 0. The number of anilines is 1. The number of hydrogen-bond acceptors (Lipinski definition) is 3. The number of nitrogens with zero attached hydrogens (tertiary/aromatic N) is 2. The maximum Gasteiger partial charge on any atom is 0.137 e. The molecule has 118 valence electrons. The Morgan fingerprint density at radius 3 is 2.43 bits per heavy atom. The van der Waals surface area contributed by atoms with Crippen molar-refractivity contribution in [2.24, 2.45) is 5.92 Å². The summed E-state index contributed by atoms with van der Waals surface area (Å²) in [6, 6.07) is 0. The Morgan fingerprint density at radius 1 is 1.14 bits per heavy atom. The van der Waals surface area contributed by atoms with Crippen LogP contribution in [0.3, 0.4) is 0 Å². The van der Waals surface area contributed by atoms with Crippen molar-refractivity contribution in [3.05, 3.63) is 16.5 Å². The Kier molecular flexibility index (Phi) is 5.48. The first-order valence-electron chi connectivity index (χ1n) is 8.16. The maximum absolute atomic E-state index is 6.26. The van der Waals surface area contributed by atoms with Crippen molar-refractivity contribution in [3.63, 3.8) is 0 Å². The largest absolute Gasteiger partial charge is 0.370 e. The first-order chi connectivity index (χ1) is 9.88. The van der Waals surface area contributed by atoms with Gasteiger partial charge in [-0.1, -0.05) is 64.5 Å². The van der Waals surface area contributed by atoms with Crippen LogP contribution < -0.4 is 5.32 Å². The lowest BCUT2D eigenvalue weighted by atomic mass is 9.87. The first kappa shape index (κ1) is 16.5. The van der Waals surface area contributed by atoms with Crippen LogP contribution in [0.4, 0.5) is 5.82 Å². The van der Waals surface area contributed by atoms with Crippen LogP contribution in [0.1, 0.15) is 70.7 Å². The highest BCUT2D eigenvalue weighted by molar-refractivity contribution is 6.30. The summed E-state index contributed by atoms with van der Waals surface area (Å²) in [4.78, 5) is 9.10. The SMILES string of the molecule is Cc1c(Cl)nc(C(C)(C)C)nc1NCCC1CCCCC1. The molecule has 1 aromatic heterocycles. The summed E-state index contributed by atoms with van der Waals surface area (Å²) in [5.41, 5.74) is 0.866. The monoisotopic (exact) mass is 309 g/mol. The van der Waals surface area contributed by atoms with E-state index in [9.17, 15) is 0 Å². The van der Waals surface area contributed by atoms with E-state index in [1.165, 1.54) is 38.5 Å². The summed E-state index contributed by atoms with van der Waals surface area (Å²) in [5.74, 6) is 2.58. The molecule has 1 aliphatic rings. The molecule has 0 atom stereocenters. The van der Waals surface area contributed by atoms with Crippen LogP contribution in [0.15, 0.2) is 0 Å². The third kappa shape index (κ3) is 4.57. The first-order valence-corrected chi connectivity index (χ1v) is 8.54. The molecular weight excluding hydrogens is 282 g/mol. The minimum absolute atomic E-state index is 0.0862. The molecule has 3 nitrogen and oxygen atoms in total. The van der Waals surface area contributed by atoms with Crippen molar-refractivity contribution < 1.29 is 0 Å². The molecule has 0 aliphatic heterocycles. The third-order valence-corrected chi connectivity index (χ3v) is 4.69. The van der Waals surface area contributed by atoms with Gasteiger partial charge in [-0.2, -0.15) is 0 Å². The van der Waals surface area contributed by atoms with Gasteiger partial charge in [-0.25, -0.2) is 9.97 Å². The van der Waals surface area contributed by atoms with Gasteiger partial charge in [-0.15, -0.1) is 0 Å². The minimum Gasteiger partial charge on any atom is -0.370 e. The Bertz CT molecular complexity index is 474. The van der Waals surface area contributed by atoms with E-state index in [2.05, 4.69) is 36.1 Å². The number of nitrogens with one attached hydrogen (secondary N) is 1. The second kappa shape index (κ2) is 6.95. The number of hydrogen-bond donors (Lipinski definition) is 1. The average Bonchev–Trinajstić information content (AvgIpc) is 2.43. The molecule has 0 saturated heterocycles. The number of aromatic nitrogens is 2. The Morgan fingerprint density at radius 2 is 1.81 bits per heavy atom. The summed E-state index contributed by atoms with van der Waals surface area (Å²) >= 11 is 6.26. The van der Waals surface area contributed by atoms with Crippen molar-refractivity contribution in [1.82, 2.24) is 9.97 Å². The predicted octanol–water partition coefficient (Wildman–Crippen LogP) is 5.12. The van der Waals surface area contributed by atoms with Crippen LogP contribution in [-0.4, -0.2) is 16.5 Å². The van der Waals surface area contributed by atoms with Crippen LogP contribution in [0, 0.1) is 12.8 Å². The second-order valence-electron chi connectivity index (χ2n) is 7.28. The lowest BCUT2D eigenvalue weighted by Crippen LogP contribution is -2.19. The molecule has 21 heavy (non-hydrogen) atoms. The fourth-order valence-corrected chi connectivity index (χ4v) is 3.04. The van der Waals surface area contributed by atoms with Crippen molar-refractivity contribution >= 4 is 17.4 Å². The minimum atomic E-state index is -0.0862. The van der Waals surface area contributed by atoms with E-state index in [0.717, 1.165) is 29.7 Å². The van der Waals surface area contributed by atoms with Crippen LogP contribution >= 0.6 is 11.6 Å². The highest BCUT2D eigenvalue weighted by atomic mass is 35.5. The van der Waals surface area contributed by atoms with E-state index < -0.39 is 0 Å². The quantitative estimate of drug-likeness (QED) is 0.785. The molecular formula is C17H28ClN3. The van der Waals surface area contributed by atoms with Crippen LogP contribution in [0.5, 0.6) is 0 Å². The molecule has 0 unspecified atom stereocenters. The normalized spacial score (nSPS) is 17.0. The lowest BCUT2D eigenvalue weighted by Gasteiger charge is -2.22. The molecule has 0 radical (unpaired) electrons. The molecule has 1 fully saturated rings. The zero-order valence-electron chi connectivity index (χ0n) is 13.8. The second-order valence-corrected chi connectivity index (χ2v) is 7.64. The molecule has 4 heteroatoms.